The van der Waals surface area contributed by atoms with Crippen LogP contribution in [0.2, 0.25) is 5.02 Å². The molecule has 1 saturated heterocycles. The molecule has 0 bridgehead atoms. The lowest BCUT2D eigenvalue weighted by molar-refractivity contribution is 0.461. The van der Waals surface area contributed by atoms with Gasteiger partial charge in [0, 0.05) is 18.5 Å². The standard InChI is InChI=1S/C16H17ClN4S/c1-7-11-13-14(22-16(11)20-8(2)12(7)17)15(19-6-18-13)21-4-9-3-10(9)5-21/h9-10,18H,3-6H2,1-2H3. The van der Waals surface area contributed by atoms with E-state index in [9.17, 15) is 0 Å². The van der Waals surface area contributed by atoms with Crippen LogP contribution in [0, 0.1) is 25.7 Å². The number of rotatable bonds is 0. The van der Waals surface area contributed by atoms with Crippen molar-refractivity contribution in [3.63, 3.8) is 0 Å². The number of halogens is 1. The zero-order valence-electron chi connectivity index (χ0n) is 12.6. The molecule has 3 aliphatic rings. The number of pyridine rings is 1. The van der Waals surface area contributed by atoms with Gasteiger partial charge in [-0.25, -0.2) is 9.98 Å². The second-order valence-electron chi connectivity index (χ2n) is 6.60. The van der Waals surface area contributed by atoms with Crippen LogP contribution >= 0.6 is 22.9 Å². The lowest BCUT2D eigenvalue weighted by atomic mass is 10.1. The summed E-state index contributed by atoms with van der Waals surface area (Å²) in [5.41, 5.74) is 3.21. The minimum atomic E-state index is 0.644. The van der Waals surface area contributed by atoms with E-state index in [1.54, 1.807) is 11.3 Å². The van der Waals surface area contributed by atoms with Crippen molar-refractivity contribution in [2.75, 3.05) is 25.1 Å². The molecular weight excluding hydrogens is 316 g/mol. The van der Waals surface area contributed by atoms with Crippen molar-refractivity contribution < 1.29 is 0 Å². The molecule has 0 spiro atoms. The number of hydrogen-bond acceptors (Lipinski definition) is 5. The molecule has 2 aliphatic heterocycles. The van der Waals surface area contributed by atoms with Crippen LogP contribution in [0.4, 0.5) is 5.69 Å². The van der Waals surface area contributed by atoms with Gasteiger partial charge < -0.3 is 10.2 Å². The Bertz CT molecular complexity index is 831. The van der Waals surface area contributed by atoms with E-state index in [2.05, 4.69) is 17.1 Å². The van der Waals surface area contributed by atoms with Crippen LogP contribution < -0.4 is 5.32 Å². The summed E-state index contributed by atoms with van der Waals surface area (Å²) in [5.74, 6) is 2.98. The van der Waals surface area contributed by atoms with Crippen LogP contribution in [-0.2, 0) is 0 Å². The molecule has 0 aromatic carbocycles. The number of nitrogens with one attached hydrogen (secondary N) is 1. The Labute approximate surface area is 138 Å². The fourth-order valence-electron chi connectivity index (χ4n) is 3.83. The van der Waals surface area contributed by atoms with E-state index in [4.69, 9.17) is 21.6 Å². The molecule has 1 aliphatic carbocycles. The molecule has 4 nitrogen and oxygen atoms in total. The second kappa shape index (κ2) is 4.36. The van der Waals surface area contributed by atoms with Gasteiger partial charge in [0.2, 0.25) is 0 Å². The van der Waals surface area contributed by atoms with Crippen LogP contribution in [0.25, 0.3) is 10.2 Å². The van der Waals surface area contributed by atoms with Gasteiger partial charge in [-0.3, -0.25) is 0 Å². The molecule has 5 rings (SSSR count). The molecule has 1 N–H and O–H groups in total. The van der Waals surface area contributed by atoms with Crippen molar-refractivity contribution in [2.45, 2.75) is 20.3 Å². The lowest BCUT2D eigenvalue weighted by Crippen LogP contribution is -2.33. The number of nitrogens with zero attached hydrogens (tertiary/aromatic N) is 3. The van der Waals surface area contributed by atoms with E-state index >= 15 is 0 Å². The summed E-state index contributed by atoms with van der Waals surface area (Å²) in [6.45, 7) is 7.05. The second-order valence-corrected chi connectivity index (χ2v) is 7.98. The monoisotopic (exact) mass is 332 g/mol. The fourth-order valence-corrected chi connectivity index (χ4v) is 5.27. The zero-order valence-corrected chi connectivity index (χ0v) is 14.2. The summed E-state index contributed by atoms with van der Waals surface area (Å²) in [6, 6.07) is 0. The number of aryl methyl sites for hydroxylation is 2. The average molecular weight is 333 g/mol. The lowest BCUT2D eigenvalue weighted by Gasteiger charge is -2.25. The van der Waals surface area contributed by atoms with Crippen molar-refractivity contribution in [1.29, 1.82) is 0 Å². The van der Waals surface area contributed by atoms with Crippen LogP contribution in [0.15, 0.2) is 4.99 Å². The molecule has 2 aromatic rings. The summed E-state index contributed by atoms with van der Waals surface area (Å²) in [5, 5.41) is 5.40. The highest BCUT2D eigenvalue weighted by Gasteiger charge is 2.46. The maximum Gasteiger partial charge on any atom is 0.145 e. The first-order chi connectivity index (χ1) is 10.6. The predicted molar refractivity (Wildman–Crippen MR) is 92.3 cm³/mol. The smallest absolute Gasteiger partial charge is 0.145 e. The molecule has 2 unspecified atom stereocenters. The normalized spacial score (nSPS) is 25.8. The van der Waals surface area contributed by atoms with E-state index in [1.165, 1.54) is 35.5 Å². The van der Waals surface area contributed by atoms with Crippen LogP contribution in [0.1, 0.15) is 22.6 Å². The highest BCUT2D eigenvalue weighted by molar-refractivity contribution is 7.21. The minimum absolute atomic E-state index is 0.644. The largest absolute Gasteiger partial charge is 0.364 e. The Kier molecular flexibility index (Phi) is 2.60. The molecule has 114 valence electrons. The van der Waals surface area contributed by atoms with Crippen molar-refractivity contribution in [3.8, 4) is 0 Å². The average Bonchev–Trinajstić information content (AvgIpc) is 2.94. The van der Waals surface area contributed by atoms with E-state index in [0.717, 1.165) is 38.8 Å². The maximum atomic E-state index is 6.42. The van der Waals surface area contributed by atoms with Gasteiger partial charge in [0.1, 0.15) is 17.3 Å². The van der Waals surface area contributed by atoms with E-state index in [1.807, 2.05) is 6.92 Å². The minimum Gasteiger partial charge on any atom is -0.364 e. The first-order valence-corrected chi connectivity index (χ1v) is 8.95. The Hall–Kier alpha value is -1.33. The third kappa shape index (κ3) is 1.69. The van der Waals surface area contributed by atoms with Gasteiger partial charge in [-0.05, 0) is 37.7 Å². The fraction of sp³-hybridized carbons (Fsp3) is 0.500. The third-order valence-electron chi connectivity index (χ3n) is 5.15. The van der Waals surface area contributed by atoms with Gasteiger partial charge >= 0.3 is 0 Å². The Morgan fingerprint density at radius 2 is 2.05 bits per heavy atom. The SMILES string of the molecule is Cc1nc2sc3c(c2c(C)c1Cl)NCN=C3N1CC2CC2C1. The topological polar surface area (TPSA) is 40.5 Å². The van der Waals surface area contributed by atoms with E-state index in [-0.39, 0.29) is 0 Å². The van der Waals surface area contributed by atoms with E-state index < -0.39 is 0 Å². The summed E-state index contributed by atoms with van der Waals surface area (Å²) in [4.78, 5) is 14.2. The van der Waals surface area contributed by atoms with E-state index in [0.29, 0.717) is 6.67 Å². The molecule has 2 atom stereocenters. The summed E-state index contributed by atoms with van der Waals surface area (Å²) in [7, 11) is 0. The number of anilines is 1. The van der Waals surface area contributed by atoms with Gasteiger partial charge in [0.25, 0.3) is 0 Å². The summed E-state index contributed by atoms with van der Waals surface area (Å²) in [6.07, 6.45) is 1.41. The first kappa shape index (κ1) is 13.1. The molecule has 0 amide bonds. The molecule has 2 fully saturated rings. The number of likely N-dealkylation sites (tertiary alicyclic amines) is 1. The zero-order chi connectivity index (χ0) is 15.0. The van der Waals surface area contributed by atoms with Gasteiger partial charge in [-0.2, -0.15) is 0 Å². The molecule has 0 radical (unpaired) electrons. The number of hydrogen-bond donors (Lipinski definition) is 1. The number of aromatic nitrogens is 1. The molecule has 6 heteroatoms. The van der Waals surface area contributed by atoms with Gasteiger partial charge in [-0.15, -0.1) is 11.3 Å². The number of aliphatic imine (C=N–C) groups is 1. The number of fused-ring (bicyclic) bond motifs is 4. The Balaban J connectivity index is 1.68. The van der Waals surface area contributed by atoms with Crippen molar-refractivity contribution in [2.24, 2.45) is 16.8 Å². The van der Waals surface area contributed by atoms with Gasteiger partial charge in [0.05, 0.1) is 21.3 Å². The summed E-state index contributed by atoms with van der Waals surface area (Å²) >= 11 is 8.16. The van der Waals surface area contributed by atoms with Gasteiger partial charge in [0.15, 0.2) is 0 Å². The molecule has 1 saturated carbocycles. The van der Waals surface area contributed by atoms with Gasteiger partial charge in [-0.1, -0.05) is 11.6 Å². The van der Waals surface area contributed by atoms with Crippen LogP contribution in [-0.4, -0.2) is 35.5 Å². The number of amidine groups is 1. The number of piperidine rings is 1. The molecule has 2 aromatic heterocycles. The quantitative estimate of drug-likeness (QED) is 0.800. The highest BCUT2D eigenvalue weighted by Crippen LogP contribution is 2.47. The maximum absolute atomic E-state index is 6.42. The predicted octanol–water partition coefficient (Wildman–Crippen LogP) is 3.65. The number of thiophene rings is 1. The van der Waals surface area contributed by atoms with Crippen LogP contribution in [0.5, 0.6) is 0 Å². The van der Waals surface area contributed by atoms with Crippen molar-refractivity contribution in [3.05, 3.63) is 21.2 Å². The Morgan fingerprint density at radius 1 is 1.27 bits per heavy atom. The Morgan fingerprint density at radius 3 is 2.82 bits per heavy atom. The molecule has 22 heavy (non-hydrogen) atoms. The van der Waals surface area contributed by atoms with Crippen molar-refractivity contribution >= 4 is 44.7 Å². The molecular formula is C16H17ClN4S. The van der Waals surface area contributed by atoms with Crippen LogP contribution in [0.3, 0.4) is 0 Å². The highest BCUT2D eigenvalue weighted by atomic mass is 35.5. The first-order valence-electron chi connectivity index (χ1n) is 7.76. The summed E-state index contributed by atoms with van der Waals surface area (Å²) < 4.78 is 0. The third-order valence-corrected chi connectivity index (χ3v) is 6.78. The van der Waals surface area contributed by atoms with Crippen molar-refractivity contribution in [1.82, 2.24) is 9.88 Å². The molecule has 4 heterocycles.